The maximum absolute atomic E-state index is 11.9. The molecule has 0 heterocycles. The number of hydrogen-bond acceptors (Lipinski definition) is 1. The number of hydrogen-bond donors (Lipinski definition) is 0. The first kappa shape index (κ1) is 14.8. The van der Waals surface area contributed by atoms with Gasteiger partial charge in [-0.05, 0) is 6.42 Å². The first-order valence-electron chi connectivity index (χ1n) is 5.25. The van der Waals surface area contributed by atoms with Crippen LogP contribution in [-0.2, 0) is 0 Å². The summed E-state index contributed by atoms with van der Waals surface area (Å²) < 4.78 is 35.6. The van der Waals surface area contributed by atoms with Crippen LogP contribution >= 0.6 is 11.6 Å². The molecule has 0 rings (SSSR count). The van der Waals surface area contributed by atoms with Gasteiger partial charge in [-0.25, -0.2) is 0 Å². The van der Waals surface area contributed by atoms with E-state index >= 15 is 0 Å². The summed E-state index contributed by atoms with van der Waals surface area (Å²) in [7, 11) is 0. The van der Waals surface area contributed by atoms with Crippen LogP contribution in [0, 0.1) is 0 Å². The maximum atomic E-state index is 11.9. The van der Waals surface area contributed by atoms with E-state index in [1.165, 1.54) is 6.42 Å². The summed E-state index contributed by atoms with van der Waals surface area (Å²) in [5, 5.41) is -1.24. The first-order chi connectivity index (χ1) is 6.98. The summed E-state index contributed by atoms with van der Waals surface area (Å²) in [5.41, 5.74) is 0. The fourth-order valence-corrected chi connectivity index (χ4v) is 1.24. The van der Waals surface area contributed by atoms with Crippen molar-refractivity contribution in [3.63, 3.8) is 0 Å². The van der Waals surface area contributed by atoms with Gasteiger partial charge in [-0.15, -0.1) is 0 Å². The first-order valence-corrected chi connectivity index (χ1v) is 5.63. The van der Waals surface area contributed by atoms with Crippen molar-refractivity contribution in [2.45, 2.75) is 51.6 Å². The minimum atomic E-state index is -4.48. The average Bonchev–Trinajstić information content (AvgIpc) is 2.14. The Morgan fingerprint density at radius 1 is 1.07 bits per heavy atom. The van der Waals surface area contributed by atoms with Crippen molar-refractivity contribution < 1.29 is 13.2 Å². The molecule has 90 valence electrons. The van der Waals surface area contributed by atoms with Crippen LogP contribution in [0.3, 0.4) is 0 Å². The van der Waals surface area contributed by atoms with Gasteiger partial charge in [0.05, 0.1) is 0 Å². The molecular formula is C10H17ClF3N. The molecule has 0 aromatic rings. The molecule has 0 aromatic carbocycles. The van der Waals surface area contributed by atoms with Crippen LogP contribution in [0.25, 0.3) is 0 Å². The Morgan fingerprint density at radius 3 is 2.13 bits per heavy atom. The van der Waals surface area contributed by atoms with Gasteiger partial charge in [0.15, 0.2) is 0 Å². The van der Waals surface area contributed by atoms with Gasteiger partial charge >= 0.3 is 6.18 Å². The minimum Gasteiger partial charge on any atom is -0.269 e. The number of halogens is 4. The summed E-state index contributed by atoms with van der Waals surface area (Å²) in [6.07, 6.45) is 1.68. The zero-order valence-corrected chi connectivity index (χ0v) is 9.66. The Bertz CT molecular complexity index is 190. The molecule has 5 heteroatoms. The lowest BCUT2D eigenvalue weighted by molar-refractivity contribution is -0.0560. The van der Waals surface area contributed by atoms with Gasteiger partial charge < -0.3 is 0 Å². The standard InChI is InChI=1S/C10H17ClF3N/c1-2-3-4-5-6-7-8-15-9(11)10(12,13)14/h2-8H2,1H3. The highest BCUT2D eigenvalue weighted by molar-refractivity contribution is 6.66. The molecule has 0 aliphatic rings. The Balaban J connectivity index is 3.45. The lowest BCUT2D eigenvalue weighted by Crippen LogP contribution is -2.17. The monoisotopic (exact) mass is 243 g/mol. The molecule has 1 nitrogen and oxygen atoms in total. The molecule has 0 fully saturated rings. The van der Waals surface area contributed by atoms with E-state index in [1.54, 1.807) is 0 Å². The molecule has 0 bridgehead atoms. The van der Waals surface area contributed by atoms with Gasteiger partial charge in [-0.3, -0.25) is 4.99 Å². The maximum Gasteiger partial charge on any atom is 0.444 e. The van der Waals surface area contributed by atoms with Crippen LogP contribution in [0.5, 0.6) is 0 Å². The third-order valence-electron chi connectivity index (χ3n) is 2.00. The van der Waals surface area contributed by atoms with Crippen LogP contribution in [0.15, 0.2) is 4.99 Å². The molecule has 0 atom stereocenters. The van der Waals surface area contributed by atoms with Gasteiger partial charge in [-0.2, -0.15) is 13.2 Å². The summed E-state index contributed by atoms with van der Waals surface area (Å²) >= 11 is 4.94. The summed E-state index contributed by atoms with van der Waals surface area (Å²) in [5.74, 6) is 0. The van der Waals surface area contributed by atoms with E-state index in [2.05, 4.69) is 11.9 Å². The van der Waals surface area contributed by atoms with Crippen LogP contribution in [0.1, 0.15) is 45.4 Å². The minimum absolute atomic E-state index is 0.171. The quantitative estimate of drug-likeness (QED) is 0.460. The highest BCUT2D eigenvalue weighted by atomic mass is 35.5. The molecule has 0 saturated heterocycles. The Morgan fingerprint density at radius 2 is 1.60 bits per heavy atom. The SMILES string of the molecule is CCCCCCCCN=C(Cl)C(F)(F)F. The average molecular weight is 244 g/mol. The zero-order valence-electron chi connectivity index (χ0n) is 8.91. The van der Waals surface area contributed by atoms with Gasteiger partial charge in [-0.1, -0.05) is 50.6 Å². The van der Waals surface area contributed by atoms with E-state index in [-0.39, 0.29) is 6.54 Å². The van der Waals surface area contributed by atoms with Crippen LogP contribution < -0.4 is 0 Å². The second kappa shape index (κ2) is 7.97. The number of unbranched alkanes of at least 4 members (excludes halogenated alkanes) is 5. The normalized spacial score (nSPS) is 13.3. The highest BCUT2D eigenvalue weighted by Gasteiger charge is 2.33. The molecule has 0 radical (unpaired) electrons. The number of aliphatic imine (C=N–C) groups is 1. The fourth-order valence-electron chi connectivity index (χ4n) is 1.16. The van der Waals surface area contributed by atoms with E-state index in [1.807, 2.05) is 0 Å². The van der Waals surface area contributed by atoms with E-state index in [4.69, 9.17) is 11.6 Å². The molecule has 0 saturated carbocycles. The highest BCUT2D eigenvalue weighted by Crippen LogP contribution is 2.19. The van der Waals surface area contributed by atoms with Crippen molar-refractivity contribution in [2.24, 2.45) is 4.99 Å². The van der Waals surface area contributed by atoms with E-state index in [0.29, 0.717) is 6.42 Å². The van der Waals surface area contributed by atoms with Gasteiger partial charge in [0.1, 0.15) is 0 Å². The van der Waals surface area contributed by atoms with Gasteiger partial charge in [0, 0.05) is 6.54 Å². The fraction of sp³-hybridized carbons (Fsp3) is 0.900. The van der Waals surface area contributed by atoms with Crippen LogP contribution in [-0.4, -0.2) is 17.9 Å². The zero-order chi connectivity index (χ0) is 11.7. The van der Waals surface area contributed by atoms with Crippen LogP contribution in [0.2, 0.25) is 0 Å². The molecule has 0 unspecified atom stereocenters. The van der Waals surface area contributed by atoms with Gasteiger partial charge in [0.2, 0.25) is 5.17 Å². The molecular weight excluding hydrogens is 227 g/mol. The van der Waals surface area contributed by atoms with Crippen molar-refractivity contribution in [3.8, 4) is 0 Å². The summed E-state index contributed by atoms with van der Waals surface area (Å²) in [6.45, 7) is 2.29. The van der Waals surface area contributed by atoms with Crippen molar-refractivity contribution >= 4 is 16.8 Å². The molecule has 0 N–H and O–H groups in total. The predicted octanol–water partition coefficient (Wildman–Crippen LogP) is 4.55. The molecule has 0 spiro atoms. The van der Waals surface area contributed by atoms with E-state index in [0.717, 1.165) is 25.7 Å². The van der Waals surface area contributed by atoms with Gasteiger partial charge in [0.25, 0.3) is 0 Å². The Hall–Kier alpha value is -0.250. The van der Waals surface area contributed by atoms with Crippen molar-refractivity contribution in [2.75, 3.05) is 6.54 Å². The second-order valence-electron chi connectivity index (χ2n) is 3.44. The Kier molecular flexibility index (Phi) is 7.83. The number of nitrogens with zero attached hydrogens (tertiary/aromatic N) is 1. The second-order valence-corrected chi connectivity index (χ2v) is 3.80. The summed E-state index contributed by atoms with van der Waals surface area (Å²) in [4.78, 5) is 3.27. The smallest absolute Gasteiger partial charge is 0.269 e. The summed E-state index contributed by atoms with van der Waals surface area (Å²) in [6, 6.07) is 0. The molecule has 15 heavy (non-hydrogen) atoms. The van der Waals surface area contributed by atoms with Crippen molar-refractivity contribution in [1.29, 1.82) is 0 Å². The molecule has 0 aliphatic heterocycles. The Labute approximate surface area is 93.7 Å². The third-order valence-corrected chi connectivity index (χ3v) is 2.33. The van der Waals surface area contributed by atoms with Crippen molar-refractivity contribution in [3.05, 3.63) is 0 Å². The topological polar surface area (TPSA) is 12.4 Å². The number of alkyl halides is 3. The largest absolute Gasteiger partial charge is 0.444 e. The van der Waals surface area contributed by atoms with E-state index < -0.39 is 11.3 Å². The molecule has 0 amide bonds. The predicted molar refractivity (Wildman–Crippen MR) is 57.6 cm³/mol. The number of rotatable bonds is 7. The van der Waals surface area contributed by atoms with Crippen LogP contribution in [0.4, 0.5) is 13.2 Å². The molecule has 0 aromatic heterocycles. The van der Waals surface area contributed by atoms with E-state index in [9.17, 15) is 13.2 Å². The third kappa shape index (κ3) is 8.73. The lowest BCUT2D eigenvalue weighted by Gasteiger charge is -2.03. The lowest BCUT2D eigenvalue weighted by atomic mass is 10.1. The van der Waals surface area contributed by atoms with Crippen molar-refractivity contribution in [1.82, 2.24) is 0 Å². The molecule has 0 aliphatic carbocycles.